The molecule has 1 atom stereocenters. The molecule has 0 unspecified atom stereocenters. The Balaban J connectivity index is 2.80. The van der Waals surface area contributed by atoms with Crippen molar-refractivity contribution in [2.24, 2.45) is 4.40 Å². The van der Waals surface area contributed by atoms with Gasteiger partial charge in [0, 0.05) is 18.3 Å². The minimum Gasteiger partial charge on any atom is -0.258 e. The second-order valence-corrected chi connectivity index (χ2v) is 6.38. The summed E-state index contributed by atoms with van der Waals surface area (Å²) in [5, 5.41) is 10.4. The Bertz CT molecular complexity index is 461. The van der Waals surface area contributed by atoms with E-state index in [0.29, 0.717) is 5.56 Å². The van der Waals surface area contributed by atoms with Crippen LogP contribution in [0.15, 0.2) is 28.7 Å². The van der Waals surface area contributed by atoms with Crippen LogP contribution < -0.4 is 0 Å². The number of rotatable bonds is 3. The van der Waals surface area contributed by atoms with Gasteiger partial charge in [0.05, 0.1) is 9.67 Å². The lowest BCUT2D eigenvalue weighted by Crippen LogP contribution is -2.19. The molecule has 0 amide bonds. The van der Waals surface area contributed by atoms with Crippen LogP contribution in [0.2, 0.25) is 0 Å². The molecule has 1 rings (SSSR count). The second-order valence-electron chi connectivity index (χ2n) is 4.44. The molecule has 1 aromatic carbocycles. The van der Waals surface area contributed by atoms with Gasteiger partial charge in [-0.3, -0.25) is 10.1 Å². The van der Waals surface area contributed by atoms with Crippen LogP contribution in [-0.4, -0.2) is 20.1 Å². The number of non-ortho nitro benzene ring substituents is 1. The van der Waals surface area contributed by atoms with Crippen molar-refractivity contribution in [2.45, 2.75) is 25.5 Å². The van der Waals surface area contributed by atoms with Gasteiger partial charge < -0.3 is 0 Å². The van der Waals surface area contributed by atoms with Crippen LogP contribution in [0.3, 0.4) is 0 Å². The van der Waals surface area contributed by atoms with Gasteiger partial charge in [-0.05, 0) is 38.5 Å². The summed E-state index contributed by atoms with van der Waals surface area (Å²) >= 11 is 0. The molecule has 0 bridgehead atoms. The summed E-state index contributed by atoms with van der Waals surface area (Å²) in [6, 6.07) is 5.92. The molecule has 0 radical (unpaired) electrons. The number of hydrogen-bond acceptors (Lipinski definition) is 3. The number of benzene rings is 1. The van der Waals surface area contributed by atoms with E-state index in [1.807, 2.05) is 20.8 Å². The van der Waals surface area contributed by atoms with Gasteiger partial charge in [0.15, 0.2) is 0 Å². The fourth-order valence-corrected chi connectivity index (χ4v) is 1.48. The Morgan fingerprint density at radius 2 is 1.82 bits per heavy atom. The van der Waals surface area contributed by atoms with E-state index in [2.05, 4.69) is 4.40 Å². The third-order valence-corrected chi connectivity index (χ3v) is 3.27. The predicted molar refractivity (Wildman–Crippen MR) is 68.6 cm³/mol. The molecule has 0 aromatic heterocycles. The first kappa shape index (κ1) is 13.5. The Labute approximate surface area is 102 Å². The third-order valence-electron chi connectivity index (χ3n) is 1.93. The molecular formula is C11H14N2O3S. The van der Waals surface area contributed by atoms with Crippen molar-refractivity contribution in [3.05, 3.63) is 39.9 Å². The first-order valence-corrected chi connectivity index (χ1v) is 6.12. The number of nitro groups is 1. The molecule has 0 spiro atoms. The molecule has 0 aliphatic rings. The summed E-state index contributed by atoms with van der Waals surface area (Å²) in [5.41, 5.74) is 0.715. The van der Waals surface area contributed by atoms with Crippen LogP contribution >= 0.6 is 0 Å². The lowest BCUT2D eigenvalue weighted by atomic mass is 10.2. The van der Waals surface area contributed by atoms with E-state index < -0.39 is 20.7 Å². The summed E-state index contributed by atoms with van der Waals surface area (Å²) in [6.07, 6.45) is 1.46. The Morgan fingerprint density at radius 1 is 1.29 bits per heavy atom. The fourth-order valence-electron chi connectivity index (χ4n) is 0.949. The highest BCUT2D eigenvalue weighted by Crippen LogP contribution is 2.13. The molecule has 0 saturated heterocycles. The molecule has 1 aromatic rings. The van der Waals surface area contributed by atoms with Gasteiger partial charge >= 0.3 is 0 Å². The van der Waals surface area contributed by atoms with Crippen LogP contribution in [0, 0.1) is 10.1 Å². The Kier molecular flexibility index (Phi) is 4.11. The van der Waals surface area contributed by atoms with E-state index in [0.717, 1.165) is 0 Å². The highest BCUT2D eigenvalue weighted by atomic mass is 32.2. The molecule has 0 aliphatic carbocycles. The fraction of sp³-hybridized carbons (Fsp3) is 0.364. The molecule has 0 saturated carbocycles. The molecule has 6 heteroatoms. The topological polar surface area (TPSA) is 72.6 Å². The number of nitro benzene ring substituents is 1. The normalized spacial score (nSPS) is 13.8. The predicted octanol–water partition coefficient (Wildman–Crippen LogP) is 2.48. The summed E-state index contributed by atoms with van der Waals surface area (Å²) in [5.74, 6) is 0. The molecule has 5 nitrogen and oxygen atoms in total. The highest BCUT2D eigenvalue weighted by molar-refractivity contribution is 7.85. The standard InChI is InChI=1S/C11H14N2O3S/c1-11(2,3)17(16)12-8-9-4-6-10(7-5-9)13(14)15/h4-8H,1-3H3/b12-8+/t17-/m1/s1. The SMILES string of the molecule is CC(C)(C)[S@@](=O)/N=C/c1ccc([N+](=O)[O-])cc1. The second kappa shape index (κ2) is 5.18. The molecule has 0 fully saturated rings. The first-order valence-electron chi connectivity index (χ1n) is 5.01. The van der Waals surface area contributed by atoms with Crippen molar-refractivity contribution in [2.75, 3.05) is 0 Å². The van der Waals surface area contributed by atoms with Crippen molar-refractivity contribution in [1.29, 1.82) is 0 Å². The Hall–Kier alpha value is -1.56. The molecule has 0 heterocycles. The average molecular weight is 254 g/mol. The molecular weight excluding hydrogens is 240 g/mol. The van der Waals surface area contributed by atoms with Gasteiger partial charge in [-0.15, -0.1) is 0 Å². The van der Waals surface area contributed by atoms with Crippen LogP contribution in [-0.2, 0) is 11.0 Å². The summed E-state index contributed by atoms with van der Waals surface area (Å²) < 4.78 is 15.1. The van der Waals surface area contributed by atoms with Gasteiger partial charge in [0.2, 0.25) is 0 Å². The quantitative estimate of drug-likeness (QED) is 0.472. The van der Waals surface area contributed by atoms with E-state index >= 15 is 0 Å². The van der Waals surface area contributed by atoms with E-state index in [1.54, 1.807) is 12.1 Å². The van der Waals surface area contributed by atoms with Crippen molar-refractivity contribution < 1.29 is 9.13 Å². The van der Waals surface area contributed by atoms with Crippen LogP contribution in [0.25, 0.3) is 0 Å². The van der Waals surface area contributed by atoms with Gasteiger partial charge in [0.1, 0.15) is 11.0 Å². The van der Waals surface area contributed by atoms with E-state index in [-0.39, 0.29) is 5.69 Å². The smallest absolute Gasteiger partial charge is 0.258 e. The van der Waals surface area contributed by atoms with Crippen LogP contribution in [0.4, 0.5) is 5.69 Å². The zero-order valence-corrected chi connectivity index (χ0v) is 10.7. The maximum absolute atomic E-state index is 11.6. The van der Waals surface area contributed by atoms with Gasteiger partial charge in [-0.2, -0.15) is 4.40 Å². The first-order chi connectivity index (χ1) is 7.80. The molecule has 17 heavy (non-hydrogen) atoms. The van der Waals surface area contributed by atoms with E-state index in [4.69, 9.17) is 0 Å². The average Bonchev–Trinajstić information content (AvgIpc) is 2.25. The minimum absolute atomic E-state index is 0.0269. The van der Waals surface area contributed by atoms with Gasteiger partial charge in [-0.25, -0.2) is 4.21 Å². The Morgan fingerprint density at radius 3 is 2.24 bits per heavy atom. The molecule has 0 aliphatic heterocycles. The lowest BCUT2D eigenvalue weighted by molar-refractivity contribution is -0.384. The molecule has 0 N–H and O–H groups in total. The third kappa shape index (κ3) is 4.07. The van der Waals surface area contributed by atoms with E-state index in [1.165, 1.54) is 18.3 Å². The van der Waals surface area contributed by atoms with E-state index in [9.17, 15) is 14.3 Å². The summed E-state index contributed by atoms with van der Waals surface area (Å²) in [7, 11) is -1.32. The zero-order valence-electron chi connectivity index (χ0n) is 9.91. The minimum atomic E-state index is -1.32. The van der Waals surface area contributed by atoms with Crippen LogP contribution in [0.5, 0.6) is 0 Å². The van der Waals surface area contributed by atoms with Crippen molar-refractivity contribution in [3.63, 3.8) is 0 Å². The summed E-state index contributed by atoms with van der Waals surface area (Å²) in [6.45, 7) is 5.49. The van der Waals surface area contributed by atoms with Crippen LogP contribution in [0.1, 0.15) is 26.3 Å². The lowest BCUT2D eigenvalue weighted by Gasteiger charge is -2.12. The van der Waals surface area contributed by atoms with Crippen molar-refractivity contribution in [1.82, 2.24) is 0 Å². The highest BCUT2D eigenvalue weighted by Gasteiger charge is 2.18. The largest absolute Gasteiger partial charge is 0.269 e. The number of nitrogens with zero attached hydrogens (tertiary/aromatic N) is 2. The monoisotopic (exact) mass is 254 g/mol. The maximum atomic E-state index is 11.6. The summed E-state index contributed by atoms with van der Waals surface area (Å²) in [4.78, 5) is 9.97. The number of hydrogen-bond donors (Lipinski definition) is 0. The van der Waals surface area contributed by atoms with Crippen molar-refractivity contribution in [3.8, 4) is 0 Å². The zero-order chi connectivity index (χ0) is 13.1. The molecule has 92 valence electrons. The van der Waals surface area contributed by atoms with Crippen molar-refractivity contribution >= 4 is 22.9 Å². The maximum Gasteiger partial charge on any atom is 0.269 e. The van der Waals surface area contributed by atoms with Gasteiger partial charge in [-0.1, -0.05) is 0 Å². The van der Waals surface area contributed by atoms with Gasteiger partial charge in [0.25, 0.3) is 5.69 Å².